The number of rotatable bonds is 7. The van der Waals surface area contributed by atoms with Gasteiger partial charge in [-0.05, 0) is 78.3 Å². The van der Waals surface area contributed by atoms with Crippen LogP contribution in [0.2, 0.25) is 0 Å². The lowest BCUT2D eigenvalue weighted by Gasteiger charge is -2.32. The summed E-state index contributed by atoms with van der Waals surface area (Å²) in [6, 6.07) is 9.30. The van der Waals surface area contributed by atoms with Crippen molar-refractivity contribution < 1.29 is 19.0 Å². The maximum Gasteiger partial charge on any atom is 0.228 e. The Balaban J connectivity index is 1.37. The van der Waals surface area contributed by atoms with E-state index in [0.29, 0.717) is 18.1 Å². The van der Waals surface area contributed by atoms with Gasteiger partial charge in [-0.15, -0.1) is 0 Å². The molecule has 2 heterocycles. The monoisotopic (exact) mass is 451 g/mol. The van der Waals surface area contributed by atoms with Crippen molar-refractivity contribution in [2.24, 2.45) is 5.92 Å². The average molecular weight is 452 g/mol. The maximum atomic E-state index is 12.9. The van der Waals surface area contributed by atoms with Gasteiger partial charge in [-0.3, -0.25) is 4.79 Å². The van der Waals surface area contributed by atoms with Crippen LogP contribution < -0.4 is 10.1 Å². The van der Waals surface area contributed by atoms with Gasteiger partial charge in [0.2, 0.25) is 5.91 Å². The number of likely N-dealkylation sites (tertiary alicyclic amines) is 1. The lowest BCUT2D eigenvalue weighted by molar-refractivity contribution is -0.121. The molecule has 1 unspecified atom stereocenters. The van der Waals surface area contributed by atoms with Gasteiger partial charge >= 0.3 is 0 Å². The number of halogens is 2. The van der Waals surface area contributed by atoms with Gasteiger partial charge < -0.3 is 20.1 Å². The minimum Gasteiger partial charge on any atom is -0.491 e. The number of nitrogens with one attached hydrogen (secondary N) is 1. The van der Waals surface area contributed by atoms with Crippen molar-refractivity contribution in [3.05, 3.63) is 52.9 Å². The highest BCUT2D eigenvalue weighted by Crippen LogP contribution is 2.20. The zero-order valence-electron chi connectivity index (χ0n) is 15.4. The minimum absolute atomic E-state index is 0.0188. The molecule has 3 rings (SSSR count). The number of aliphatic hydroxyl groups excluding tert-OH is 1. The molecule has 28 heavy (non-hydrogen) atoms. The summed E-state index contributed by atoms with van der Waals surface area (Å²) >= 11 is 3.32. The molecule has 0 saturated carbocycles. The van der Waals surface area contributed by atoms with E-state index in [-0.39, 0.29) is 24.2 Å². The summed E-state index contributed by atoms with van der Waals surface area (Å²) in [4.78, 5) is 18.7. The summed E-state index contributed by atoms with van der Waals surface area (Å²) in [5.41, 5.74) is 0. The predicted molar refractivity (Wildman–Crippen MR) is 108 cm³/mol. The number of anilines is 1. The van der Waals surface area contributed by atoms with Crippen LogP contribution in [-0.4, -0.2) is 53.2 Å². The molecule has 1 aromatic carbocycles. The molecule has 0 aliphatic carbocycles. The molecule has 2 aromatic rings. The van der Waals surface area contributed by atoms with Crippen LogP contribution in [0.15, 0.2) is 47.1 Å². The summed E-state index contributed by atoms with van der Waals surface area (Å²) < 4.78 is 19.2. The Bertz CT molecular complexity index is 765. The van der Waals surface area contributed by atoms with E-state index in [4.69, 9.17) is 4.74 Å². The molecule has 1 saturated heterocycles. The lowest BCUT2D eigenvalue weighted by atomic mass is 9.95. The topological polar surface area (TPSA) is 74.7 Å². The van der Waals surface area contributed by atoms with Gasteiger partial charge in [0.1, 0.15) is 30.1 Å². The molecule has 1 atom stereocenters. The summed E-state index contributed by atoms with van der Waals surface area (Å²) in [6.07, 6.45) is 2.46. The van der Waals surface area contributed by atoms with Gasteiger partial charge in [0.15, 0.2) is 0 Å². The summed E-state index contributed by atoms with van der Waals surface area (Å²) in [5, 5.41) is 13.0. The molecule has 8 heteroatoms. The Morgan fingerprint density at radius 1 is 1.29 bits per heavy atom. The van der Waals surface area contributed by atoms with Gasteiger partial charge in [0.05, 0.1) is 0 Å². The molecule has 1 fully saturated rings. The highest BCUT2D eigenvalue weighted by molar-refractivity contribution is 9.10. The Morgan fingerprint density at radius 3 is 2.64 bits per heavy atom. The minimum atomic E-state index is -0.651. The van der Waals surface area contributed by atoms with E-state index in [0.717, 1.165) is 30.4 Å². The summed E-state index contributed by atoms with van der Waals surface area (Å²) in [5.74, 6) is 0.668. The maximum absolute atomic E-state index is 12.9. The third kappa shape index (κ3) is 6.25. The smallest absolute Gasteiger partial charge is 0.228 e. The second-order valence-electron chi connectivity index (χ2n) is 6.84. The van der Waals surface area contributed by atoms with E-state index in [1.54, 1.807) is 12.3 Å². The van der Waals surface area contributed by atoms with Gasteiger partial charge in [-0.1, -0.05) is 0 Å². The number of amides is 1. The van der Waals surface area contributed by atoms with E-state index in [1.807, 2.05) is 6.07 Å². The Kier molecular flexibility index (Phi) is 7.36. The number of hydrogen-bond donors (Lipinski definition) is 2. The molecule has 150 valence electrons. The first-order valence-corrected chi connectivity index (χ1v) is 10.00. The van der Waals surface area contributed by atoms with Crippen LogP contribution in [0.5, 0.6) is 5.75 Å². The number of aromatic nitrogens is 1. The first kappa shape index (κ1) is 20.7. The van der Waals surface area contributed by atoms with Crippen LogP contribution in [0.3, 0.4) is 0 Å². The molecule has 6 nitrogen and oxygen atoms in total. The Labute approximate surface area is 171 Å². The number of hydrogen-bond acceptors (Lipinski definition) is 5. The van der Waals surface area contributed by atoms with Crippen LogP contribution in [-0.2, 0) is 4.79 Å². The third-order valence-corrected chi connectivity index (χ3v) is 5.13. The number of aliphatic hydroxyl groups is 1. The molecular formula is C20H23BrFN3O3. The third-order valence-electron chi connectivity index (χ3n) is 4.66. The van der Waals surface area contributed by atoms with Gasteiger partial charge in [-0.2, -0.15) is 0 Å². The number of nitrogens with zero attached hydrogens (tertiary/aromatic N) is 2. The van der Waals surface area contributed by atoms with Crippen LogP contribution in [0.25, 0.3) is 0 Å². The van der Waals surface area contributed by atoms with Crippen molar-refractivity contribution in [2.75, 3.05) is 31.6 Å². The largest absolute Gasteiger partial charge is 0.491 e. The van der Waals surface area contributed by atoms with Crippen molar-refractivity contribution in [3.63, 3.8) is 0 Å². The Morgan fingerprint density at radius 2 is 2.00 bits per heavy atom. The number of piperidine rings is 1. The van der Waals surface area contributed by atoms with E-state index < -0.39 is 6.10 Å². The van der Waals surface area contributed by atoms with Gasteiger partial charge in [0, 0.05) is 23.1 Å². The quantitative estimate of drug-likeness (QED) is 0.676. The molecule has 1 aliphatic heterocycles. The Hall–Kier alpha value is -2.03. The lowest BCUT2D eigenvalue weighted by Crippen LogP contribution is -2.42. The van der Waals surface area contributed by atoms with Crippen molar-refractivity contribution in [1.29, 1.82) is 0 Å². The predicted octanol–water partition coefficient (Wildman–Crippen LogP) is 3.07. The zero-order valence-corrected chi connectivity index (χ0v) is 16.9. The van der Waals surface area contributed by atoms with Crippen LogP contribution in [0.4, 0.5) is 10.2 Å². The van der Waals surface area contributed by atoms with Crippen LogP contribution in [0.1, 0.15) is 12.8 Å². The normalized spacial score (nSPS) is 16.5. The van der Waals surface area contributed by atoms with Crippen molar-refractivity contribution in [3.8, 4) is 5.75 Å². The fourth-order valence-electron chi connectivity index (χ4n) is 3.13. The van der Waals surface area contributed by atoms with Crippen molar-refractivity contribution >= 4 is 27.7 Å². The second-order valence-corrected chi connectivity index (χ2v) is 7.76. The molecular weight excluding hydrogens is 429 g/mol. The average Bonchev–Trinajstić information content (AvgIpc) is 2.70. The number of β-amino-alcohol motifs (C(OH)–C–C–N with tert-alkyl or cyclic N) is 1. The van der Waals surface area contributed by atoms with E-state index in [9.17, 15) is 14.3 Å². The highest BCUT2D eigenvalue weighted by atomic mass is 79.9. The van der Waals surface area contributed by atoms with E-state index in [2.05, 4.69) is 31.1 Å². The second kappa shape index (κ2) is 9.95. The molecule has 1 aromatic heterocycles. The fraction of sp³-hybridized carbons (Fsp3) is 0.400. The van der Waals surface area contributed by atoms with Gasteiger partial charge in [0.25, 0.3) is 0 Å². The standard InChI is InChI=1S/C20H23BrFN3O3/c21-15-1-6-19(23-11-15)24-20(27)14-7-9-25(10-8-14)12-17(26)13-28-18-4-2-16(22)3-5-18/h1-6,11,14,17,26H,7-10,12-13H2,(H,23,24,27). The van der Waals surface area contributed by atoms with E-state index in [1.165, 1.54) is 24.3 Å². The first-order valence-electron chi connectivity index (χ1n) is 9.21. The number of carbonyl (C=O) groups excluding carboxylic acids is 1. The number of ether oxygens (including phenoxy) is 1. The molecule has 2 N–H and O–H groups in total. The summed E-state index contributed by atoms with van der Waals surface area (Å²) in [6.45, 7) is 2.09. The van der Waals surface area contributed by atoms with Crippen molar-refractivity contribution in [1.82, 2.24) is 9.88 Å². The van der Waals surface area contributed by atoms with Crippen molar-refractivity contribution in [2.45, 2.75) is 18.9 Å². The molecule has 0 spiro atoms. The molecule has 0 bridgehead atoms. The van der Waals surface area contributed by atoms with E-state index >= 15 is 0 Å². The molecule has 1 aliphatic rings. The first-order chi connectivity index (χ1) is 13.5. The number of pyridine rings is 1. The highest BCUT2D eigenvalue weighted by Gasteiger charge is 2.26. The SMILES string of the molecule is O=C(Nc1ccc(Br)cn1)C1CCN(CC(O)COc2ccc(F)cc2)CC1. The van der Waals surface area contributed by atoms with Gasteiger partial charge in [-0.25, -0.2) is 9.37 Å². The fourth-order valence-corrected chi connectivity index (χ4v) is 3.36. The number of carbonyl (C=O) groups is 1. The van der Waals surface area contributed by atoms with Crippen LogP contribution in [0, 0.1) is 11.7 Å². The van der Waals surface area contributed by atoms with Crippen LogP contribution >= 0.6 is 15.9 Å². The number of benzene rings is 1. The molecule has 0 radical (unpaired) electrons. The zero-order chi connectivity index (χ0) is 19.9. The summed E-state index contributed by atoms with van der Waals surface area (Å²) in [7, 11) is 0. The molecule has 1 amide bonds.